The van der Waals surface area contributed by atoms with Gasteiger partial charge in [0.15, 0.2) is 17.1 Å². The number of carbonyl (C=O) groups excluding carboxylic acids is 4. The Labute approximate surface area is 234 Å². The minimum atomic E-state index is -2.65. The zero-order chi connectivity index (χ0) is 30.0. The van der Waals surface area contributed by atoms with Gasteiger partial charge in [0, 0.05) is 43.4 Å². The number of anilines is 3. The Balaban J connectivity index is 1.58. The number of carbonyl (C=O) groups is 4. The summed E-state index contributed by atoms with van der Waals surface area (Å²) in [6.45, 7) is 1.90. The smallest absolute Gasteiger partial charge is 0.323 e. The number of Topliss-reactive ketones (excluding diaryl/α,β-unsaturated/α-hetero) is 2. The van der Waals surface area contributed by atoms with E-state index in [2.05, 4.69) is 10.6 Å². The lowest BCUT2D eigenvalue weighted by Crippen LogP contribution is -2.57. The zero-order valence-electron chi connectivity index (χ0n) is 22.6. The van der Waals surface area contributed by atoms with E-state index in [1.165, 1.54) is 6.07 Å². The number of nitrogens with zero attached hydrogens (tertiary/aromatic N) is 1. The van der Waals surface area contributed by atoms with Gasteiger partial charge < -0.3 is 41.7 Å². The second-order valence-corrected chi connectivity index (χ2v) is 10.9. The summed E-state index contributed by atoms with van der Waals surface area (Å²) in [5.41, 5.74) is 3.69. The zero-order valence-corrected chi connectivity index (χ0v) is 22.6. The lowest BCUT2D eigenvalue weighted by atomic mass is 9.60. The SMILES string of the molecule is Cc1ccc(NC(=O)Nc2cc(N(C)C)c3c(c2O)C(=O)C2=C(O)[C@]4(O)C(=O)C(C(N)=O)=C(O)C[C@@H]4C[C@@H]2C3)cc1. The minimum Gasteiger partial charge on any atom is -0.511 e. The maximum atomic E-state index is 13.9. The van der Waals surface area contributed by atoms with Gasteiger partial charge in [-0.25, -0.2) is 4.79 Å². The molecule has 0 aliphatic heterocycles. The number of hydrogen-bond donors (Lipinski definition) is 7. The molecule has 0 aromatic heterocycles. The Morgan fingerprint density at radius 2 is 1.71 bits per heavy atom. The molecule has 3 atom stereocenters. The molecule has 0 unspecified atom stereocenters. The molecular weight excluding hydrogens is 532 g/mol. The van der Waals surface area contributed by atoms with Gasteiger partial charge in [0.25, 0.3) is 5.91 Å². The van der Waals surface area contributed by atoms with Crippen LogP contribution < -0.4 is 21.3 Å². The standard InChI is InChI=1S/C29H30N4O8/c1-12-4-6-15(7-5-12)31-28(40)32-17-11-18(33(2)3)16-9-13-8-14-10-19(34)22(27(30)39)26(38)29(14,41)25(37)20(13)24(36)21(16)23(17)35/h4-7,11,13-14,34-35,37,41H,8-10H2,1-3H3,(H2,30,39)(H2,31,32,40)/t13-,14+,29+/m1/s1. The number of hydrogen-bond acceptors (Lipinski definition) is 9. The van der Waals surface area contributed by atoms with E-state index in [1.54, 1.807) is 31.1 Å². The quantitative estimate of drug-likeness (QED) is 0.216. The predicted molar refractivity (Wildman–Crippen MR) is 149 cm³/mol. The number of rotatable bonds is 4. The van der Waals surface area contributed by atoms with E-state index in [0.29, 0.717) is 16.9 Å². The Morgan fingerprint density at radius 1 is 1.05 bits per heavy atom. The summed E-state index contributed by atoms with van der Waals surface area (Å²) in [6.07, 6.45) is -0.138. The molecule has 12 nitrogen and oxygen atoms in total. The highest BCUT2D eigenvalue weighted by Gasteiger charge is 2.59. The number of primary amides is 1. The summed E-state index contributed by atoms with van der Waals surface area (Å²) in [5.74, 6) is -7.16. The van der Waals surface area contributed by atoms with Gasteiger partial charge in [-0.2, -0.15) is 0 Å². The highest BCUT2D eigenvalue weighted by Crippen LogP contribution is 2.53. The Bertz CT molecular complexity index is 1590. The summed E-state index contributed by atoms with van der Waals surface area (Å²) in [7, 11) is 3.45. The van der Waals surface area contributed by atoms with Crippen LogP contribution in [0.25, 0.3) is 0 Å². The molecule has 2 aromatic carbocycles. The molecule has 3 aliphatic carbocycles. The second-order valence-electron chi connectivity index (χ2n) is 10.9. The number of allylic oxidation sites excluding steroid dienone is 2. The molecule has 3 amide bonds. The maximum absolute atomic E-state index is 13.9. The van der Waals surface area contributed by atoms with Crippen LogP contribution in [0.5, 0.6) is 5.75 Å². The van der Waals surface area contributed by atoms with Gasteiger partial charge in [0.1, 0.15) is 17.1 Å². The Hall–Kier alpha value is -4.84. The van der Waals surface area contributed by atoms with Gasteiger partial charge >= 0.3 is 6.03 Å². The second kappa shape index (κ2) is 9.66. The van der Waals surface area contributed by atoms with Crippen LogP contribution in [0.3, 0.4) is 0 Å². The molecule has 0 saturated carbocycles. The normalized spacial score (nSPS) is 23.4. The summed E-state index contributed by atoms with van der Waals surface area (Å²) in [4.78, 5) is 53.4. The van der Waals surface area contributed by atoms with Crippen LogP contribution in [0.1, 0.15) is 34.3 Å². The number of ketones is 2. The van der Waals surface area contributed by atoms with Crippen molar-refractivity contribution < 1.29 is 39.6 Å². The van der Waals surface area contributed by atoms with Gasteiger partial charge in [-0.3, -0.25) is 14.4 Å². The molecule has 0 spiro atoms. The average molecular weight is 563 g/mol. The van der Waals surface area contributed by atoms with Crippen molar-refractivity contribution >= 4 is 40.6 Å². The van der Waals surface area contributed by atoms with E-state index in [4.69, 9.17) is 5.73 Å². The summed E-state index contributed by atoms with van der Waals surface area (Å²) in [5, 5.41) is 49.4. The van der Waals surface area contributed by atoms with Gasteiger partial charge in [0.05, 0.1) is 11.3 Å². The number of benzene rings is 2. The van der Waals surface area contributed by atoms with Crippen LogP contribution in [0.4, 0.5) is 21.9 Å². The van der Waals surface area contributed by atoms with Crippen molar-refractivity contribution in [2.75, 3.05) is 29.6 Å². The average Bonchev–Trinajstić information content (AvgIpc) is 2.88. The van der Waals surface area contributed by atoms with E-state index in [0.717, 1.165) is 5.56 Å². The van der Waals surface area contributed by atoms with Crippen molar-refractivity contribution in [1.82, 2.24) is 0 Å². The van der Waals surface area contributed by atoms with Crippen molar-refractivity contribution in [2.24, 2.45) is 17.6 Å². The number of fused-ring (bicyclic) bond motifs is 3. The van der Waals surface area contributed by atoms with Gasteiger partial charge in [-0.05, 0) is 49.4 Å². The molecule has 0 heterocycles. The van der Waals surface area contributed by atoms with Crippen LogP contribution in [-0.4, -0.2) is 63.6 Å². The first kappa shape index (κ1) is 27.7. The van der Waals surface area contributed by atoms with Crippen LogP contribution >= 0.6 is 0 Å². The number of amides is 3. The van der Waals surface area contributed by atoms with E-state index in [-0.39, 0.29) is 36.1 Å². The van der Waals surface area contributed by atoms with Crippen molar-refractivity contribution in [1.29, 1.82) is 0 Å². The fraction of sp³-hybridized carbons (Fsp3) is 0.310. The van der Waals surface area contributed by atoms with Gasteiger partial charge in [0.2, 0.25) is 5.78 Å². The van der Waals surface area contributed by atoms with Crippen LogP contribution in [0.2, 0.25) is 0 Å². The summed E-state index contributed by atoms with van der Waals surface area (Å²) >= 11 is 0. The summed E-state index contributed by atoms with van der Waals surface area (Å²) in [6, 6.07) is 7.89. The molecule has 5 rings (SSSR count). The van der Waals surface area contributed by atoms with Crippen LogP contribution in [0, 0.1) is 18.8 Å². The topological polar surface area (TPSA) is 203 Å². The van der Waals surface area contributed by atoms with Gasteiger partial charge in [-0.15, -0.1) is 0 Å². The number of nitrogens with one attached hydrogen (secondary N) is 2. The lowest BCUT2D eigenvalue weighted by molar-refractivity contribution is -0.144. The minimum absolute atomic E-state index is 0.0233. The fourth-order valence-electron chi connectivity index (χ4n) is 6.08. The first-order valence-corrected chi connectivity index (χ1v) is 12.9. The van der Waals surface area contributed by atoms with Crippen molar-refractivity contribution in [3.63, 3.8) is 0 Å². The highest BCUT2D eigenvalue weighted by atomic mass is 16.3. The number of aliphatic hydroxyl groups excluding tert-OH is 2. The number of urea groups is 1. The third kappa shape index (κ3) is 4.27. The number of aryl methyl sites for hydroxylation is 1. The summed E-state index contributed by atoms with van der Waals surface area (Å²) < 4.78 is 0. The fourth-order valence-corrected chi connectivity index (χ4v) is 6.08. The molecule has 214 valence electrons. The van der Waals surface area contributed by atoms with E-state index in [9.17, 15) is 39.6 Å². The van der Waals surface area contributed by atoms with E-state index in [1.807, 2.05) is 19.1 Å². The molecule has 3 aliphatic rings. The number of phenols is 1. The van der Waals surface area contributed by atoms with Gasteiger partial charge in [-0.1, -0.05) is 17.7 Å². The van der Waals surface area contributed by atoms with Crippen molar-refractivity contribution in [2.45, 2.75) is 31.8 Å². The molecule has 0 radical (unpaired) electrons. The third-order valence-corrected chi connectivity index (χ3v) is 8.08. The first-order valence-electron chi connectivity index (χ1n) is 12.9. The maximum Gasteiger partial charge on any atom is 0.323 e. The molecule has 0 bridgehead atoms. The highest BCUT2D eigenvalue weighted by molar-refractivity contribution is 6.24. The molecule has 0 saturated heterocycles. The predicted octanol–water partition coefficient (Wildman–Crippen LogP) is 2.60. The molecule has 0 fully saturated rings. The number of nitrogens with two attached hydrogens (primary N) is 1. The third-order valence-electron chi connectivity index (χ3n) is 8.08. The lowest BCUT2D eigenvalue weighted by Gasteiger charge is -2.45. The largest absolute Gasteiger partial charge is 0.511 e. The molecular formula is C29H30N4O8. The van der Waals surface area contributed by atoms with Crippen molar-refractivity contribution in [3.8, 4) is 5.75 Å². The molecule has 12 heteroatoms. The Morgan fingerprint density at radius 3 is 2.32 bits per heavy atom. The molecule has 8 N–H and O–H groups in total. The Kier molecular flexibility index (Phi) is 6.53. The number of phenolic OH excluding ortho intramolecular Hbond substituents is 1. The first-order chi connectivity index (χ1) is 19.2. The monoisotopic (exact) mass is 562 g/mol. The van der Waals surface area contributed by atoms with Crippen molar-refractivity contribution in [3.05, 3.63) is 69.7 Å². The van der Waals surface area contributed by atoms with Crippen LogP contribution in [-0.2, 0) is 16.0 Å². The molecule has 2 aromatic rings. The molecule has 41 heavy (non-hydrogen) atoms. The van der Waals surface area contributed by atoms with Crippen LogP contribution in [0.15, 0.2) is 53.0 Å². The van der Waals surface area contributed by atoms with E-state index < -0.39 is 63.8 Å². The van der Waals surface area contributed by atoms with E-state index >= 15 is 0 Å². The number of aliphatic hydroxyl groups is 3. The number of aromatic hydroxyl groups is 1.